The van der Waals surface area contributed by atoms with Gasteiger partial charge >= 0.3 is 0 Å². The summed E-state index contributed by atoms with van der Waals surface area (Å²) in [7, 11) is 0. The Balaban J connectivity index is 1.90. The predicted octanol–water partition coefficient (Wildman–Crippen LogP) is 7.04. The molecular weight excluding hydrogens is 396 g/mol. The van der Waals surface area contributed by atoms with Gasteiger partial charge in [0.15, 0.2) is 0 Å². The molecule has 0 radical (unpaired) electrons. The third-order valence-corrected chi connectivity index (χ3v) is 5.48. The van der Waals surface area contributed by atoms with E-state index in [1.165, 1.54) is 0 Å². The Bertz CT molecular complexity index is 1190. The minimum atomic E-state index is -0.127. The van der Waals surface area contributed by atoms with Crippen LogP contribution >= 0.6 is 11.6 Å². The van der Waals surface area contributed by atoms with Crippen LogP contribution in [-0.2, 0) is 5.41 Å². The molecule has 0 aliphatic heterocycles. The van der Waals surface area contributed by atoms with E-state index in [4.69, 9.17) is 16.1 Å². The maximum atomic E-state index is 11.1. The van der Waals surface area contributed by atoms with Crippen molar-refractivity contribution in [2.24, 2.45) is 0 Å². The Morgan fingerprint density at radius 3 is 2.30 bits per heavy atom. The first kappa shape index (κ1) is 20.2. The summed E-state index contributed by atoms with van der Waals surface area (Å²) in [6.07, 6.45) is 0. The maximum Gasteiger partial charge on any atom is 0.260 e. The van der Waals surface area contributed by atoms with Crippen LogP contribution in [0.5, 0.6) is 5.75 Å². The van der Waals surface area contributed by atoms with Gasteiger partial charge in [0.05, 0.1) is 16.1 Å². The third-order valence-electron chi connectivity index (χ3n) is 5.16. The summed E-state index contributed by atoms with van der Waals surface area (Å²) in [6.45, 7) is 8.34. The quantitative estimate of drug-likeness (QED) is 0.387. The molecule has 0 unspecified atom stereocenters. The van der Waals surface area contributed by atoms with Gasteiger partial charge in [-0.1, -0.05) is 80.0 Å². The Labute approximate surface area is 181 Å². The van der Waals surface area contributed by atoms with Crippen LogP contribution in [-0.4, -0.2) is 15.2 Å². The number of aryl methyl sites for hydroxylation is 1. The predicted molar refractivity (Wildman–Crippen MR) is 121 cm³/mol. The van der Waals surface area contributed by atoms with Gasteiger partial charge in [-0.3, -0.25) is 0 Å². The first-order valence-corrected chi connectivity index (χ1v) is 10.2. The molecule has 0 atom stereocenters. The minimum Gasteiger partial charge on any atom is -0.507 e. The molecule has 1 aromatic heterocycles. The zero-order valence-electron chi connectivity index (χ0n) is 17.4. The molecule has 30 heavy (non-hydrogen) atoms. The number of phenols is 1. The van der Waals surface area contributed by atoms with Gasteiger partial charge in [0.25, 0.3) is 5.89 Å². The van der Waals surface area contributed by atoms with Crippen LogP contribution in [0.15, 0.2) is 65.2 Å². The molecule has 5 heteroatoms. The van der Waals surface area contributed by atoms with Crippen LogP contribution < -0.4 is 0 Å². The van der Waals surface area contributed by atoms with Gasteiger partial charge < -0.3 is 9.63 Å². The summed E-state index contributed by atoms with van der Waals surface area (Å²) in [6, 6.07) is 19.4. The van der Waals surface area contributed by atoms with Gasteiger partial charge in [0, 0.05) is 5.56 Å². The fraction of sp³-hybridized carbons (Fsp3) is 0.200. The Kier molecular flexibility index (Phi) is 5.12. The molecule has 0 fully saturated rings. The number of aromatic hydroxyl groups is 1. The first-order chi connectivity index (χ1) is 14.3. The highest BCUT2D eigenvalue weighted by Crippen LogP contribution is 2.42. The Morgan fingerprint density at radius 1 is 0.933 bits per heavy atom. The first-order valence-electron chi connectivity index (χ1n) is 9.78. The molecule has 4 rings (SSSR count). The van der Waals surface area contributed by atoms with E-state index in [0.717, 1.165) is 22.3 Å². The fourth-order valence-corrected chi connectivity index (χ4v) is 3.72. The normalized spacial score (nSPS) is 11.6. The molecule has 0 spiro atoms. The molecule has 0 aliphatic rings. The molecule has 3 aromatic carbocycles. The van der Waals surface area contributed by atoms with E-state index in [-0.39, 0.29) is 11.2 Å². The van der Waals surface area contributed by atoms with Gasteiger partial charge in [-0.25, -0.2) is 0 Å². The van der Waals surface area contributed by atoms with Crippen molar-refractivity contribution in [3.63, 3.8) is 0 Å². The summed E-state index contributed by atoms with van der Waals surface area (Å²) in [5, 5.41) is 15.8. The van der Waals surface area contributed by atoms with Gasteiger partial charge in [-0.15, -0.1) is 0 Å². The lowest BCUT2D eigenvalue weighted by atomic mass is 9.83. The zero-order valence-corrected chi connectivity index (χ0v) is 18.2. The molecular formula is C25H23ClN2O2. The highest BCUT2D eigenvalue weighted by atomic mass is 35.5. The highest BCUT2D eigenvalue weighted by Gasteiger charge is 2.23. The molecule has 4 aromatic rings. The SMILES string of the molecule is Cc1cccc(Cl)c1-c1nc(-c2cc(C(C)(C)C)cc(-c3ccccc3)c2O)no1. The van der Waals surface area contributed by atoms with Crippen LogP contribution in [0.3, 0.4) is 0 Å². The molecule has 0 saturated heterocycles. The van der Waals surface area contributed by atoms with E-state index in [2.05, 4.69) is 30.9 Å². The van der Waals surface area contributed by atoms with E-state index in [1.807, 2.05) is 61.5 Å². The molecule has 1 heterocycles. The Morgan fingerprint density at radius 2 is 1.63 bits per heavy atom. The lowest BCUT2D eigenvalue weighted by molar-refractivity contribution is 0.430. The maximum absolute atomic E-state index is 11.1. The van der Waals surface area contributed by atoms with Crippen LogP contribution in [0.4, 0.5) is 0 Å². The zero-order chi connectivity index (χ0) is 21.5. The minimum absolute atomic E-state index is 0.123. The molecule has 1 N–H and O–H groups in total. The van der Waals surface area contributed by atoms with Crippen molar-refractivity contribution >= 4 is 11.6 Å². The highest BCUT2D eigenvalue weighted by molar-refractivity contribution is 6.33. The standard InChI is InChI=1S/C25H23ClN2O2/c1-15-9-8-12-20(26)21(15)24-27-23(28-30-24)19-14-17(25(2,3)4)13-18(22(19)29)16-10-6-5-7-11-16/h5-14,29H,1-4H3. The average molecular weight is 419 g/mol. The van der Waals surface area contributed by atoms with Crippen LogP contribution in [0.25, 0.3) is 34.0 Å². The van der Waals surface area contributed by atoms with Crippen molar-refractivity contribution in [1.82, 2.24) is 10.1 Å². The lowest BCUT2D eigenvalue weighted by Crippen LogP contribution is -2.11. The second-order valence-electron chi connectivity index (χ2n) is 8.39. The molecule has 4 nitrogen and oxygen atoms in total. The topological polar surface area (TPSA) is 59.2 Å². The van der Waals surface area contributed by atoms with Gasteiger partial charge in [-0.2, -0.15) is 4.98 Å². The molecule has 0 bridgehead atoms. The third kappa shape index (κ3) is 3.71. The van der Waals surface area contributed by atoms with Crippen molar-refractivity contribution in [3.8, 4) is 39.7 Å². The summed E-state index contributed by atoms with van der Waals surface area (Å²) < 4.78 is 5.54. The van der Waals surface area contributed by atoms with Crippen molar-refractivity contribution in [3.05, 3.63) is 76.8 Å². The van der Waals surface area contributed by atoms with Crippen molar-refractivity contribution in [1.29, 1.82) is 0 Å². The fourth-order valence-electron chi connectivity index (χ4n) is 3.41. The van der Waals surface area contributed by atoms with Crippen LogP contribution in [0.2, 0.25) is 5.02 Å². The second-order valence-corrected chi connectivity index (χ2v) is 8.80. The van der Waals surface area contributed by atoms with Crippen molar-refractivity contribution < 1.29 is 9.63 Å². The van der Waals surface area contributed by atoms with E-state index >= 15 is 0 Å². The smallest absolute Gasteiger partial charge is 0.260 e. The largest absolute Gasteiger partial charge is 0.507 e. The molecule has 152 valence electrons. The average Bonchev–Trinajstić information content (AvgIpc) is 3.17. The summed E-state index contributed by atoms with van der Waals surface area (Å²) in [5.74, 6) is 0.775. The number of nitrogens with zero attached hydrogens (tertiary/aromatic N) is 2. The van der Waals surface area contributed by atoms with E-state index in [9.17, 15) is 5.11 Å². The molecule has 0 saturated carbocycles. The van der Waals surface area contributed by atoms with Gasteiger partial charge in [0.2, 0.25) is 5.82 Å². The van der Waals surface area contributed by atoms with E-state index in [1.54, 1.807) is 6.07 Å². The number of hydrogen-bond donors (Lipinski definition) is 1. The number of aromatic nitrogens is 2. The van der Waals surface area contributed by atoms with Gasteiger partial charge in [0.1, 0.15) is 5.75 Å². The Hall–Kier alpha value is -3.11. The molecule has 0 aliphatic carbocycles. The number of hydrogen-bond acceptors (Lipinski definition) is 4. The van der Waals surface area contributed by atoms with Crippen LogP contribution in [0.1, 0.15) is 31.9 Å². The monoisotopic (exact) mass is 418 g/mol. The molecule has 0 amide bonds. The summed E-state index contributed by atoms with van der Waals surface area (Å²) in [4.78, 5) is 4.57. The number of rotatable bonds is 3. The van der Waals surface area contributed by atoms with Crippen LogP contribution in [0, 0.1) is 6.92 Å². The van der Waals surface area contributed by atoms with Crippen molar-refractivity contribution in [2.45, 2.75) is 33.1 Å². The summed E-state index contributed by atoms with van der Waals surface area (Å²) in [5.41, 5.74) is 4.77. The van der Waals surface area contributed by atoms with Gasteiger partial charge in [-0.05, 0) is 47.2 Å². The number of halogens is 1. The number of phenolic OH excluding ortho intramolecular Hbond substituents is 1. The summed E-state index contributed by atoms with van der Waals surface area (Å²) >= 11 is 6.36. The van der Waals surface area contributed by atoms with Crippen molar-refractivity contribution in [2.75, 3.05) is 0 Å². The van der Waals surface area contributed by atoms with E-state index in [0.29, 0.717) is 27.9 Å². The second kappa shape index (κ2) is 7.62. The number of benzene rings is 3. The lowest BCUT2D eigenvalue weighted by Gasteiger charge is -2.22. The van der Waals surface area contributed by atoms with E-state index < -0.39 is 0 Å².